The number of rotatable bonds is 6. The summed E-state index contributed by atoms with van der Waals surface area (Å²) in [5.74, 6) is 1.48. The molecule has 1 fully saturated rings. The molecule has 2 aliphatic rings. The van der Waals surface area contributed by atoms with E-state index < -0.39 is 0 Å². The van der Waals surface area contributed by atoms with Crippen LogP contribution in [0, 0.1) is 0 Å². The summed E-state index contributed by atoms with van der Waals surface area (Å²) in [4.78, 5) is 12.2. The van der Waals surface area contributed by atoms with E-state index in [4.69, 9.17) is 9.72 Å². The lowest BCUT2D eigenvalue weighted by atomic mass is 10.0. The van der Waals surface area contributed by atoms with Crippen molar-refractivity contribution in [3.05, 3.63) is 10.4 Å². The Morgan fingerprint density at radius 3 is 2.89 bits per heavy atom. The highest BCUT2D eigenvalue weighted by Crippen LogP contribution is 2.38. The molecule has 0 aliphatic carbocycles. The number of nitrogens with one attached hydrogen (secondary N) is 1. The zero-order valence-electron chi connectivity index (χ0n) is 16.2. The highest BCUT2D eigenvalue weighted by atomic mass is 32.1. The number of tetrazole rings is 1. The molecular weight excluding hydrogens is 376 g/mol. The van der Waals surface area contributed by atoms with Crippen LogP contribution in [0.2, 0.25) is 0 Å². The fourth-order valence-electron chi connectivity index (χ4n) is 4.17. The van der Waals surface area contributed by atoms with Gasteiger partial charge in [0.15, 0.2) is 0 Å². The molecule has 0 aromatic carbocycles. The monoisotopic (exact) mass is 402 g/mol. The van der Waals surface area contributed by atoms with Crippen molar-refractivity contribution in [1.82, 2.24) is 34.8 Å². The number of ether oxygens (including phenoxy) is 1. The fraction of sp³-hybridized carbons (Fsp3) is 0.667. The minimum absolute atomic E-state index is 0.561. The van der Waals surface area contributed by atoms with E-state index >= 15 is 0 Å². The van der Waals surface area contributed by atoms with Crippen molar-refractivity contribution in [2.75, 3.05) is 57.8 Å². The number of fused-ring (bicyclic) bond motifs is 5. The van der Waals surface area contributed by atoms with Crippen molar-refractivity contribution < 1.29 is 4.74 Å². The van der Waals surface area contributed by atoms with Gasteiger partial charge in [0.2, 0.25) is 0 Å². The second-order valence-electron chi connectivity index (χ2n) is 7.44. The summed E-state index contributed by atoms with van der Waals surface area (Å²) in [6, 6.07) is 0. The van der Waals surface area contributed by atoms with Crippen molar-refractivity contribution in [2.45, 2.75) is 26.3 Å². The fourth-order valence-corrected chi connectivity index (χ4v) is 5.50. The molecule has 150 valence electrons. The van der Waals surface area contributed by atoms with Gasteiger partial charge in [-0.3, -0.25) is 9.80 Å². The van der Waals surface area contributed by atoms with E-state index in [0.717, 1.165) is 76.1 Å². The van der Waals surface area contributed by atoms with Gasteiger partial charge in [0.25, 0.3) is 5.78 Å². The predicted octanol–water partition coefficient (Wildman–Crippen LogP) is 1.25. The quantitative estimate of drug-likeness (QED) is 0.660. The lowest BCUT2D eigenvalue weighted by Gasteiger charge is -2.27. The third kappa shape index (κ3) is 3.34. The summed E-state index contributed by atoms with van der Waals surface area (Å²) in [6.45, 7) is 11.0. The van der Waals surface area contributed by atoms with E-state index in [2.05, 4.69) is 37.6 Å². The molecule has 0 amide bonds. The Labute approximate surface area is 167 Å². The molecule has 0 unspecified atom stereocenters. The first-order valence-electron chi connectivity index (χ1n) is 10.1. The van der Waals surface area contributed by atoms with E-state index in [1.54, 1.807) is 4.52 Å². The van der Waals surface area contributed by atoms with Gasteiger partial charge in [-0.1, -0.05) is 12.0 Å². The SMILES string of the molecule is CCCN1CCc2c(sc3c2c(NCCN2CCOCC2)nc2nnnn23)C1. The first kappa shape index (κ1) is 18.2. The van der Waals surface area contributed by atoms with Gasteiger partial charge < -0.3 is 10.1 Å². The van der Waals surface area contributed by atoms with Gasteiger partial charge in [-0.05, 0) is 35.4 Å². The summed E-state index contributed by atoms with van der Waals surface area (Å²) < 4.78 is 7.22. The molecule has 3 aromatic rings. The van der Waals surface area contributed by atoms with Crippen molar-refractivity contribution in [1.29, 1.82) is 0 Å². The first-order chi connectivity index (χ1) is 13.8. The number of anilines is 1. The molecular formula is C18H26N8OS. The molecule has 2 aliphatic heterocycles. The molecule has 0 radical (unpaired) electrons. The van der Waals surface area contributed by atoms with E-state index in [1.165, 1.54) is 22.2 Å². The third-order valence-electron chi connectivity index (χ3n) is 5.58. The Kier molecular flexibility index (Phi) is 5.10. The van der Waals surface area contributed by atoms with E-state index in [-0.39, 0.29) is 0 Å². The molecule has 0 spiro atoms. The minimum atomic E-state index is 0.561. The molecule has 10 heteroatoms. The molecule has 9 nitrogen and oxygen atoms in total. The van der Waals surface area contributed by atoms with Gasteiger partial charge in [0.1, 0.15) is 10.6 Å². The van der Waals surface area contributed by atoms with Gasteiger partial charge in [0.05, 0.1) is 18.6 Å². The van der Waals surface area contributed by atoms with Gasteiger partial charge in [0, 0.05) is 44.1 Å². The topological polar surface area (TPSA) is 83.7 Å². The molecule has 1 N–H and O–H groups in total. The Bertz CT molecular complexity index is 963. The normalized spacial score (nSPS) is 18.8. The number of nitrogens with zero attached hydrogens (tertiary/aromatic N) is 7. The Morgan fingerprint density at radius 1 is 1.14 bits per heavy atom. The largest absolute Gasteiger partial charge is 0.379 e. The maximum absolute atomic E-state index is 5.44. The Hall–Kier alpha value is -1.88. The first-order valence-corrected chi connectivity index (χ1v) is 10.9. The maximum Gasteiger partial charge on any atom is 0.276 e. The highest BCUT2D eigenvalue weighted by molar-refractivity contribution is 7.19. The molecule has 5 heterocycles. The van der Waals surface area contributed by atoms with E-state index in [0.29, 0.717) is 5.78 Å². The zero-order valence-corrected chi connectivity index (χ0v) is 17.0. The van der Waals surface area contributed by atoms with E-state index in [9.17, 15) is 0 Å². The Morgan fingerprint density at radius 2 is 2.04 bits per heavy atom. The molecule has 0 saturated carbocycles. The smallest absolute Gasteiger partial charge is 0.276 e. The summed E-state index contributed by atoms with van der Waals surface area (Å²) in [6.07, 6.45) is 2.25. The lowest BCUT2D eigenvalue weighted by molar-refractivity contribution is 0.0398. The highest BCUT2D eigenvalue weighted by Gasteiger charge is 2.25. The number of thiophene rings is 1. The molecule has 28 heavy (non-hydrogen) atoms. The number of hydrogen-bond donors (Lipinski definition) is 1. The Balaban J connectivity index is 1.45. The number of morpholine rings is 1. The van der Waals surface area contributed by atoms with Crippen LogP contribution in [0.5, 0.6) is 0 Å². The molecule has 0 atom stereocenters. The van der Waals surface area contributed by atoms with Crippen molar-refractivity contribution in [3.8, 4) is 0 Å². The van der Waals surface area contributed by atoms with Crippen molar-refractivity contribution in [2.24, 2.45) is 0 Å². The summed E-state index contributed by atoms with van der Waals surface area (Å²) >= 11 is 1.81. The average Bonchev–Trinajstić information content (AvgIpc) is 3.33. The van der Waals surface area contributed by atoms with Crippen LogP contribution in [0.25, 0.3) is 16.0 Å². The van der Waals surface area contributed by atoms with Crippen LogP contribution in [-0.2, 0) is 17.7 Å². The van der Waals surface area contributed by atoms with Crippen molar-refractivity contribution in [3.63, 3.8) is 0 Å². The third-order valence-corrected chi connectivity index (χ3v) is 6.77. The zero-order chi connectivity index (χ0) is 18.9. The average molecular weight is 403 g/mol. The molecule has 3 aromatic heterocycles. The van der Waals surface area contributed by atoms with Gasteiger partial charge in [-0.2, -0.15) is 9.50 Å². The summed E-state index contributed by atoms with van der Waals surface area (Å²) in [5.41, 5.74) is 1.42. The van der Waals surface area contributed by atoms with Gasteiger partial charge in [-0.25, -0.2) is 0 Å². The van der Waals surface area contributed by atoms with Crippen LogP contribution in [0.4, 0.5) is 5.82 Å². The van der Waals surface area contributed by atoms with Crippen LogP contribution < -0.4 is 5.32 Å². The van der Waals surface area contributed by atoms with Crippen LogP contribution in [-0.4, -0.2) is 87.3 Å². The summed E-state index contributed by atoms with van der Waals surface area (Å²) in [5, 5.41) is 16.9. The van der Waals surface area contributed by atoms with Gasteiger partial charge >= 0.3 is 0 Å². The second-order valence-corrected chi connectivity index (χ2v) is 8.53. The standard InChI is InChI=1S/C18H26N8OS/c1-2-5-25-6-3-13-14(12-25)28-17-15(13)16(20-18-21-22-23-26(17)18)19-4-7-24-8-10-27-11-9-24/h2-12H2,1H3,(H,19,20,21,23). The van der Waals surface area contributed by atoms with Crippen LogP contribution in [0.1, 0.15) is 23.8 Å². The van der Waals surface area contributed by atoms with Crippen LogP contribution >= 0.6 is 11.3 Å². The maximum atomic E-state index is 5.44. The lowest BCUT2D eigenvalue weighted by Crippen LogP contribution is -2.39. The molecule has 1 saturated heterocycles. The number of aromatic nitrogens is 5. The minimum Gasteiger partial charge on any atom is -0.379 e. The van der Waals surface area contributed by atoms with E-state index in [1.807, 2.05) is 11.3 Å². The van der Waals surface area contributed by atoms with Gasteiger partial charge in [-0.15, -0.1) is 11.3 Å². The van der Waals surface area contributed by atoms with Crippen molar-refractivity contribution >= 4 is 33.1 Å². The van der Waals surface area contributed by atoms with Crippen LogP contribution in [0.3, 0.4) is 0 Å². The van der Waals surface area contributed by atoms with Crippen LogP contribution in [0.15, 0.2) is 0 Å². The second kappa shape index (κ2) is 7.86. The predicted molar refractivity (Wildman–Crippen MR) is 109 cm³/mol. The summed E-state index contributed by atoms with van der Waals surface area (Å²) in [7, 11) is 0. The molecule has 5 rings (SSSR count). The molecule has 0 bridgehead atoms. The number of hydrogen-bond acceptors (Lipinski definition) is 9.